The number of hydrazone groups is 1. The first-order chi connectivity index (χ1) is 16.6. The summed E-state index contributed by atoms with van der Waals surface area (Å²) >= 11 is 15.3. The molecule has 0 saturated heterocycles. The Kier molecular flexibility index (Phi) is 10.8. The second kappa shape index (κ2) is 13.3. The summed E-state index contributed by atoms with van der Waals surface area (Å²) in [6.07, 6.45) is 1.39. The quantitative estimate of drug-likeness (QED) is 0.244. The molecule has 1 unspecified atom stereocenters. The lowest BCUT2D eigenvalue weighted by Crippen LogP contribution is -2.48. The van der Waals surface area contributed by atoms with E-state index in [1.807, 2.05) is 0 Å². The minimum atomic E-state index is -0.873. The van der Waals surface area contributed by atoms with Crippen molar-refractivity contribution >= 4 is 63.1 Å². The van der Waals surface area contributed by atoms with Crippen molar-refractivity contribution in [3.8, 4) is 11.5 Å². The van der Waals surface area contributed by atoms with Gasteiger partial charge in [0.2, 0.25) is 0 Å². The van der Waals surface area contributed by atoms with Crippen molar-refractivity contribution < 1.29 is 28.6 Å². The van der Waals surface area contributed by atoms with Gasteiger partial charge in [0, 0.05) is 5.02 Å². The van der Waals surface area contributed by atoms with Gasteiger partial charge in [-0.05, 0) is 57.7 Å². The lowest BCUT2D eigenvalue weighted by Gasteiger charge is -2.20. The van der Waals surface area contributed by atoms with Crippen molar-refractivity contribution in [2.45, 2.75) is 19.9 Å². The van der Waals surface area contributed by atoms with Crippen LogP contribution in [-0.2, 0) is 14.3 Å². The number of halogens is 3. The number of amides is 2. The maximum Gasteiger partial charge on any atom is 0.343 e. The molecule has 2 aromatic rings. The smallest absolute Gasteiger partial charge is 0.343 e. The number of methoxy groups -OCH3 is 2. The Labute approximate surface area is 221 Å². The van der Waals surface area contributed by atoms with E-state index >= 15 is 0 Å². The van der Waals surface area contributed by atoms with Crippen LogP contribution >= 0.6 is 39.1 Å². The number of nitrogens with one attached hydrogen (secondary N) is 2. The first kappa shape index (κ1) is 28.4. The fraction of sp³-hybridized carbons (Fsp3) is 0.304. The molecule has 0 fully saturated rings. The van der Waals surface area contributed by atoms with Crippen LogP contribution in [0.5, 0.6) is 11.5 Å². The molecule has 0 aliphatic rings. The maximum absolute atomic E-state index is 12.7. The first-order valence-electron chi connectivity index (χ1n) is 10.2. The van der Waals surface area contributed by atoms with Crippen LogP contribution in [0.4, 0.5) is 0 Å². The molecule has 188 valence electrons. The number of ether oxygens (including phenoxy) is 3. The van der Waals surface area contributed by atoms with Gasteiger partial charge in [0.1, 0.15) is 6.04 Å². The molecule has 2 aromatic carbocycles. The number of esters is 1. The molecular weight excluding hydrogens is 565 g/mol. The minimum absolute atomic E-state index is 0.175. The van der Waals surface area contributed by atoms with Crippen molar-refractivity contribution in [3.63, 3.8) is 0 Å². The van der Waals surface area contributed by atoms with Gasteiger partial charge in [-0.1, -0.05) is 37.0 Å². The summed E-state index contributed by atoms with van der Waals surface area (Å²) in [7, 11) is 2.70. The third kappa shape index (κ3) is 8.12. The minimum Gasteiger partial charge on any atom is -0.493 e. The number of hydrogen-bond donors (Lipinski definition) is 2. The van der Waals surface area contributed by atoms with Gasteiger partial charge in [-0.2, -0.15) is 5.10 Å². The summed E-state index contributed by atoms with van der Waals surface area (Å²) < 4.78 is 15.8. The van der Waals surface area contributed by atoms with Gasteiger partial charge < -0.3 is 19.5 Å². The molecule has 0 heterocycles. The molecule has 9 nitrogen and oxygen atoms in total. The Morgan fingerprint density at radius 2 is 1.86 bits per heavy atom. The van der Waals surface area contributed by atoms with Gasteiger partial charge in [-0.25, -0.2) is 10.2 Å². The molecule has 0 saturated carbocycles. The van der Waals surface area contributed by atoms with Gasteiger partial charge in [0.25, 0.3) is 11.8 Å². The number of rotatable bonds is 10. The topological polar surface area (TPSA) is 115 Å². The van der Waals surface area contributed by atoms with Crippen LogP contribution < -0.4 is 20.2 Å². The molecule has 12 heteroatoms. The Balaban J connectivity index is 2.10. The van der Waals surface area contributed by atoms with E-state index in [4.69, 9.17) is 32.7 Å². The molecular formula is C23H24BrCl2N3O6. The van der Waals surface area contributed by atoms with Gasteiger partial charge >= 0.3 is 5.97 Å². The first-order valence-corrected chi connectivity index (χ1v) is 11.8. The normalized spacial score (nSPS) is 11.8. The number of benzene rings is 2. The largest absolute Gasteiger partial charge is 0.493 e. The predicted octanol–water partition coefficient (Wildman–Crippen LogP) is 4.22. The van der Waals surface area contributed by atoms with Crippen molar-refractivity contribution in [2.24, 2.45) is 11.0 Å². The average Bonchev–Trinajstić information content (AvgIpc) is 2.80. The monoisotopic (exact) mass is 587 g/mol. The predicted molar refractivity (Wildman–Crippen MR) is 136 cm³/mol. The van der Waals surface area contributed by atoms with Gasteiger partial charge in [-0.15, -0.1) is 0 Å². The van der Waals surface area contributed by atoms with E-state index in [2.05, 4.69) is 36.5 Å². The summed E-state index contributed by atoms with van der Waals surface area (Å²) in [5.74, 6) is -1.16. The molecule has 0 spiro atoms. The summed E-state index contributed by atoms with van der Waals surface area (Å²) in [5.41, 5.74) is 3.19. The highest BCUT2D eigenvalue weighted by Gasteiger charge is 2.25. The molecule has 0 radical (unpaired) electrons. The molecule has 2 amide bonds. The van der Waals surface area contributed by atoms with Crippen molar-refractivity contribution in [1.82, 2.24) is 10.7 Å². The molecule has 1 atom stereocenters. The zero-order chi connectivity index (χ0) is 26.1. The highest BCUT2D eigenvalue weighted by atomic mass is 79.9. The molecule has 0 aromatic heterocycles. The van der Waals surface area contributed by atoms with Crippen LogP contribution in [0.2, 0.25) is 10.0 Å². The van der Waals surface area contributed by atoms with Crippen LogP contribution in [-0.4, -0.2) is 50.9 Å². The summed E-state index contributed by atoms with van der Waals surface area (Å²) in [5, 5.41) is 7.22. The van der Waals surface area contributed by atoms with Gasteiger partial charge in [0.05, 0.1) is 35.5 Å². The van der Waals surface area contributed by atoms with E-state index in [0.717, 1.165) is 0 Å². The van der Waals surface area contributed by atoms with Crippen molar-refractivity contribution in [1.29, 1.82) is 0 Å². The van der Waals surface area contributed by atoms with Crippen LogP contribution in [0, 0.1) is 5.92 Å². The van der Waals surface area contributed by atoms with E-state index in [1.165, 1.54) is 38.6 Å². The molecule has 0 aliphatic carbocycles. The lowest BCUT2D eigenvalue weighted by molar-refractivity contribution is -0.143. The van der Waals surface area contributed by atoms with Gasteiger partial charge in [-0.3, -0.25) is 9.59 Å². The van der Waals surface area contributed by atoms with Crippen LogP contribution in [0.1, 0.15) is 29.8 Å². The third-order valence-electron chi connectivity index (χ3n) is 4.61. The molecule has 2 N–H and O–H groups in total. The van der Waals surface area contributed by atoms with E-state index in [9.17, 15) is 14.4 Å². The Morgan fingerprint density at radius 3 is 2.46 bits per heavy atom. The number of carbonyl (C=O) groups is 3. The zero-order valence-corrected chi connectivity index (χ0v) is 22.5. The number of carbonyl (C=O) groups excluding carboxylic acids is 3. The highest BCUT2D eigenvalue weighted by Crippen LogP contribution is 2.36. The second-order valence-electron chi connectivity index (χ2n) is 7.45. The summed E-state index contributed by atoms with van der Waals surface area (Å²) in [6, 6.07) is 6.87. The number of hydrogen-bond acceptors (Lipinski definition) is 7. The fourth-order valence-electron chi connectivity index (χ4n) is 2.81. The second-order valence-corrected chi connectivity index (χ2v) is 9.15. The van der Waals surface area contributed by atoms with E-state index in [-0.39, 0.29) is 23.1 Å². The van der Waals surface area contributed by atoms with E-state index in [0.29, 0.717) is 26.6 Å². The third-order valence-corrected chi connectivity index (χ3v) is 5.75. The van der Waals surface area contributed by atoms with Crippen LogP contribution in [0.15, 0.2) is 39.9 Å². The van der Waals surface area contributed by atoms with Gasteiger partial charge in [0.15, 0.2) is 18.1 Å². The summed E-state index contributed by atoms with van der Waals surface area (Å²) in [6.45, 7) is 3.28. The standard InChI is InChI=1S/C23H24BrCl2N3O6/c1-12(2)20(28-22(31)15-6-5-14(25)9-17(15)26)23(32)29-27-10-13-7-16(24)21(18(8-13)33-3)35-11-19(30)34-4/h5-10,12,20H,11H2,1-4H3,(H,28,31)(H,29,32). The Bertz CT molecular complexity index is 1130. The number of nitrogens with zero attached hydrogens (tertiary/aromatic N) is 1. The molecule has 35 heavy (non-hydrogen) atoms. The lowest BCUT2D eigenvalue weighted by atomic mass is 10.0. The Hall–Kier alpha value is -2.82. The van der Waals surface area contributed by atoms with Crippen LogP contribution in [0.3, 0.4) is 0 Å². The maximum atomic E-state index is 12.7. The highest BCUT2D eigenvalue weighted by molar-refractivity contribution is 9.10. The van der Waals surface area contributed by atoms with Crippen molar-refractivity contribution in [3.05, 3.63) is 56.0 Å². The molecule has 0 bridgehead atoms. The van der Waals surface area contributed by atoms with Crippen LogP contribution in [0.25, 0.3) is 0 Å². The van der Waals surface area contributed by atoms with E-state index < -0.39 is 23.8 Å². The average molecular weight is 589 g/mol. The molecule has 0 aliphatic heterocycles. The fourth-order valence-corrected chi connectivity index (χ4v) is 3.88. The molecule has 2 rings (SSSR count). The zero-order valence-electron chi connectivity index (χ0n) is 19.4. The van der Waals surface area contributed by atoms with Crippen molar-refractivity contribution in [2.75, 3.05) is 20.8 Å². The summed E-state index contributed by atoms with van der Waals surface area (Å²) in [4.78, 5) is 36.7. The van der Waals surface area contributed by atoms with E-state index in [1.54, 1.807) is 26.0 Å². The Morgan fingerprint density at radius 1 is 1.14 bits per heavy atom. The SMILES string of the molecule is COC(=O)COc1c(Br)cc(C=NNC(=O)C(NC(=O)c2ccc(Cl)cc2Cl)C(C)C)cc1OC.